The number of nitrogens with one attached hydrogen (secondary N) is 1. The Hall–Kier alpha value is -1.79. The maximum atomic E-state index is 12.5. The Kier molecular flexibility index (Phi) is 5.81. The van der Waals surface area contributed by atoms with Gasteiger partial charge in [0, 0.05) is 17.2 Å². The molecule has 2 amide bonds. The van der Waals surface area contributed by atoms with E-state index in [9.17, 15) is 9.59 Å². The van der Waals surface area contributed by atoms with Crippen LogP contribution in [0.2, 0.25) is 0 Å². The van der Waals surface area contributed by atoms with E-state index >= 15 is 0 Å². The molecule has 1 aliphatic rings. The van der Waals surface area contributed by atoms with Gasteiger partial charge < -0.3 is 10.2 Å². The van der Waals surface area contributed by atoms with E-state index in [-0.39, 0.29) is 23.7 Å². The average molecular weight is 375 g/mol. The summed E-state index contributed by atoms with van der Waals surface area (Å²) in [5.41, 5.74) is 2.34. The van der Waals surface area contributed by atoms with Gasteiger partial charge in [0.05, 0.1) is 6.04 Å². The van der Waals surface area contributed by atoms with Crippen LogP contribution < -0.4 is 5.32 Å². The van der Waals surface area contributed by atoms with Crippen LogP contribution in [0.15, 0.2) is 41.8 Å². The zero-order chi connectivity index (χ0) is 17.8. The second-order valence-corrected chi connectivity index (χ2v) is 8.40. The topological polar surface area (TPSA) is 49.4 Å². The fraction of sp³-hybridized carbons (Fsp3) is 0.368. The second-order valence-electron chi connectivity index (χ2n) is 6.37. The number of benzene rings is 1. The number of carbonyl (C=O) groups excluding carboxylic acids is 2. The van der Waals surface area contributed by atoms with Crippen LogP contribution in [-0.4, -0.2) is 34.9 Å². The van der Waals surface area contributed by atoms with Gasteiger partial charge in [-0.25, -0.2) is 0 Å². The molecule has 1 aliphatic heterocycles. The summed E-state index contributed by atoms with van der Waals surface area (Å²) in [7, 11) is 0. The monoisotopic (exact) mass is 374 g/mol. The lowest BCUT2D eigenvalue weighted by molar-refractivity contribution is -0.122. The van der Waals surface area contributed by atoms with Crippen molar-refractivity contribution in [1.29, 1.82) is 0 Å². The Morgan fingerprint density at radius 1 is 1.20 bits per heavy atom. The molecule has 1 aromatic carbocycles. The van der Waals surface area contributed by atoms with Crippen molar-refractivity contribution < 1.29 is 9.59 Å². The van der Waals surface area contributed by atoms with Crippen LogP contribution in [-0.2, 0) is 4.79 Å². The van der Waals surface area contributed by atoms with Gasteiger partial charge in [-0.2, -0.15) is 0 Å². The van der Waals surface area contributed by atoms with Crippen LogP contribution in [0.4, 0.5) is 4.79 Å². The first-order chi connectivity index (χ1) is 12.0. The van der Waals surface area contributed by atoms with E-state index < -0.39 is 0 Å². The fourth-order valence-corrected chi connectivity index (χ4v) is 4.42. The zero-order valence-electron chi connectivity index (χ0n) is 14.4. The summed E-state index contributed by atoms with van der Waals surface area (Å²) >= 11 is 2.90. The fourth-order valence-electron chi connectivity index (χ4n) is 2.80. The highest BCUT2D eigenvalue weighted by atomic mass is 32.2. The molecule has 1 fully saturated rings. The molecule has 0 aliphatic carbocycles. The number of nitrogens with zero attached hydrogens (tertiary/aromatic N) is 1. The number of hydrogen-bond donors (Lipinski definition) is 1. The third-order valence-electron chi connectivity index (χ3n) is 4.25. The van der Waals surface area contributed by atoms with Crippen LogP contribution in [0.5, 0.6) is 0 Å². The summed E-state index contributed by atoms with van der Waals surface area (Å²) in [5.74, 6) is 1.11. The highest BCUT2D eigenvalue weighted by molar-refractivity contribution is 8.13. The minimum Gasteiger partial charge on any atom is -0.343 e. The molecule has 2 heterocycles. The van der Waals surface area contributed by atoms with Gasteiger partial charge in [-0.1, -0.05) is 55.9 Å². The normalized spacial score (nSPS) is 15.6. The molecule has 4 nitrogen and oxygen atoms in total. The zero-order valence-corrected chi connectivity index (χ0v) is 16.0. The molecular weight excluding hydrogens is 352 g/mol. The number of thiophene rings is 1. The summed E-state index contributed by atoms with van der Waals surface area (Å²) < 4.78 is 0. The maximum absolute atomic E-state index is 12.5. The van der Waals surface area contributed by atoms with Crippen molar-refractivity contribution in [2.24, 2.45) is 0 Å². The first-order valence-corrected chi connectivity index (χ1v) is 10.3. The van der Waals surface area contributed by atoms with Crippen LogP contribution in [0.25, 0.3) is 0 Å². The van der Waals surface area contributed by atoms with Crippen molar-refractivity contribution in [3.8, 4) is 0 Å². The van der Waals surface area contributed by atoms with E-state index in [2.05, 4.69) is 43.4 Å². The SMILES string of the molecule is CC(C)c1ccc(C(NC(=O)CN2CCSC2=O)c2cccs2)cc1. The first kappa shape index (κ1) is 18.0. The molecule has 6 heteroatoms. The van der Waals surface area contributed by atoms with E-state index in [1.165, 1.54) is 17.3 Å². The molecule has 2 aromatic rings. The molecule has 1 N–H and O–H groups in total. The molecule has 0 bridgehead atoms. The van der Waals surface area contributed by atoms with Crippen molar-refractivity contribution in [2.75, 3.05) is 18.8 Å². The van der Waals surface area contributed by atoms with Gasteiger partial charge in [0.1, 0.15) is 6.54 Å². The van der Waals surface area contributed by atoms with Crippen molar-refractivity contribution >= 4 is 34.2 Å². The Morgan fingerprint density at radius 3 is 2.48 bits per heavy atom. The van der Waals surface area contributed by atoms with Crippen molar-refractivity contribution in [1.82, 2.24) is 10.2 Å². The molecule has 132 valence electrons. The molecule has 1 unspecified atom stereocenters. The molecule has 1 atom stereocenters. The molecule has 0 radical (unpaired) electrons. The number of thioether (sulfide) groups is 1. The van der Waals surface area contributed by atoms with E-state index in [1.807, 2.05) is 17.5 Å². The Balaban J connectivity index is 1.76. The molecule has 3 rings (SSSR count). The summed E-state index contributed by atoms with van der Waals surface area (Å²) in [5, 5.41) is 5.10. The summed E-state index contributed by atoms with van der Waals surface area (Å²) in [6, 6.07) is 12.2. The summed E-state index contributed by atoms with van der Waals surface area (Å²) in [6.07, 6.45) is 0. The molecule has 1 aromatic heterocycles. The van der Waals surface area contributed by atoms with E-state index in [4.69, 9.17) is 0 Å². The number of rotatable bonds is 6. The molecule has 1 saturated heterocycles. The Morgan fingerprint density at radius 2 is 1.92 bits per heavy atom. The predicted molar refractivity (Wildman–Crippen MR) is 104 cm³/mol. The lowest BCUT2D eigenvalue weighted by atomic mass is 9.98. The van der Waals surface area contributed by atoms with Gasteiger partial charge in [0.15, 0.2) is 0 Å². The first-order valence-electron chi connectivity index (χ1n) is 8.39. The van der Waals surface area contributed by atoms with Gasteiger partial charge in [-0.3, -0.25) is 9.59 Å². The summed E-state index contributed by atoms with van der Waals surface area (Å²) in [4.78, 5) is 26.9. The van der Waals surface area contributed by atoms with Crippen LogP contribution in [0.1, 0.15) is 41.8 Å². The quantitative estimate of drug-likeness (QED) is 0.822. The molecule has 25 heavy (non-hydrogen) atoms. The highest BCUT2D eigenvalue weighted by Crippen LogP contribution is 2.27. The molecule has 0 spiro atoms. The van der Waals surface area contributed by atoms with Gasteiger partial charge in [0.2, 0.25) is 5.91 Å². The number of amides is 2. The minimum absolute atomic E-state index is 0.0101. The molecule has 0 saturated carbocycles. The van der Waals surface area contributed by atoms with Crippen LogP contribution in [0, 0.1) is 0 Å². The third kappa shape index (κ3) is 4.44. The van der Waals surface area contributed by atoms with Gasteiger partial charge in [0.25, 0.3) is 5.24 Å². The van der Waals surface area contributed by atoms with Gasteiger partial charge in [-0.15, -0.1) is 11.3 Å². The lowest BCUT2D eigenvalue weighted by Gasteiger charge is -2.21. The van der Waals surface area contributed by atoms with Gasteiger partial charge >= 0.3 is 0 Å². The van der Waals surface area contributed by atoms with E-state index in [0.717, 1.165) is 16.2 Å². The Labute approximate surface area is 156 Å². The average Bonchev–Trinajstić information content (AvgIpc) is 3.25. The standard InChI is InChI=1S/C19H22N2O2S2/c1-13(2)14-5-7-15(8-6-14)18(16-4-3-10-24-16)20-17(22)12-21-9-11-25-19(21)23/h3-8,10,13,18H,9,11-12H2,1-2H3,(H,20,22). The predicted octanol–water partition coefficient (Wildman–Crippen LogP) is 4.25. The second kappa shape index (κ2) is 8.06. The van der Waals surface area contributed by atoms with Crippen molar-refractivity contribution in [3.63, 3.8) is 0 Å². The Bertz CT molecular complexity index is 726. The largest absolute Gasteiger partial charge is 0.343 e. The minimum atomic E-state index is -0.181. The van der Waals surface area contributed by atoms with E-state index in [1.54, 1.807) is 16.2 Å². The van der Waals surface area contributed by atoms with Crippen LogP contribution in [0.3, 0.4) is 0 Å². The van der Waals surface area contributed by atoms with E-state index in [0.29, 0.717) is 12.5 Å². The highest BCUT2D eigenvalue weighted by Gasteiger charge is 2.25. The molecular formula is C19H22N2O2S2. The smallest absolute Gasteiger partial charge is 0.282 e. The number of carbonyl (C=O) groups is 2. The van der Waals surface area contributed by atoms with Crippen molar-refractivity contribution in [3.05, 3.63) is 57.8 Å². The number of hydrogen-bond acceptors (Lipinski definition) is 4. The summed E-state index contributed by atoms with van der Waals surface area (Å²) in [6.45, 7) is 5.10. The van der Waals surface area contributed by atoms with Crippen LogP contribution >= 0.6 is 23.1 Å². The third-order valence-corrected chi connectivity index (χ3v) is 6.08. The maximum Gasteiger partial charge on any atom is 0.282 e. The van der Waals surface area contributed by atoms with Gasteiger partial charge in [-0.05, 0) is 28.5 Å². The van der Waals surface area contributed by atoms with Crippen molar-refractivity contribution in [2.45, 2.75) is 25.8 Å². The lowest BCUT2D eigenvalue weighted by Crippen LogP contribution is -2.39.